The number of rotatable bonds is 10. The second kappa shape index (κ2) is 12.0. The van der Waals surface area contributed by atoms with Crippen LogP contribution in [0.5, 0.6) is 0 Å². The predicted octanol–water partition coefficient (Wildman–Crippen LogP) is 5.07. The molecule has 0 radical (unpaired) electrons. The van der Waals surface area contributed by atoms with Gasteiger partial charge in [-0.15, -0.1) is 11.8 Å². The molecule has 0 fully saturated rings. The van der Waals surface area contributed by atoms with Gasteiger partial charge >= 0.3 is 0 Å². The molecule has 0 aromatic heterocycles. The average Bonchev–Trinajstić information content (AvgIpc) is 2.71. The summed E-state index contributed by atoms with van der Waals surface area (Å²) >= 11 is 7.67. The zero-order valence-corrected chi connectivity index (χ0v) is 19.7. The lowest BCUT2D eigenvalue weighted by molar-refractivity contribution is -0.138. The van der Waals surface area contributed by atoms with Gasteiger partial charge in [0.05, 0.1) is 5.75 Å². The van der Waals surface area contributed by atoms with Crippen LogP contribution in [0.1, 0.15) is 37.5 Å². The fraction of sp³-hybridized carbons (Fsp3) is 0.417. The van der Waals surface area contributed by atoms with E-state index in [1.165, 1.54) is 11.1 Å². The van der Waals surface area contributed by atoms with Crippen LogP contribution in [-0.4, -0.2) is 35.1 Å². The first kappa shape index (κ1) is 24.3. The fourth-order valence-corrected chi connectivity index (χ4v) is 3.97. The minimum atomic E-state index is -0.560. The van der Waals surface area contributed by atoms with Gasteiger partial charge in [0.15, 0.2) is 0 Å². The van der Waals surface area contributed by atoms with Crippen LogP contribution < -0.4 is 5.32 Å². The molecule has 0 unspecified atom stereocenters. The van der Waals surface area contributed by atoms with Crippen molar-refractivity contribution in [2.45, 2.75) is 46.0 Å². The number of halogens is 1. The minimum absolute atomic E-state index is 0.0562. The van der Waals surface area contributed by atoms with Crippen molar-refractivity contribution in [3.05, 3.63) is 70.2 Å². The van der Waals surface area contributed by atoms with Crippen LogP contribution in [0.4, 0.5) is 0 Å². The molecular formula is C24H31ClN2O2S. The van der Waals surface area contributed by atoms with E-state index in [1.807, 2.05) is 32.0 Å². The maximum Gasteiger partial charge on any atom is 0.242 e. The Balaban J connectivity index is 2.05. The van der Waals surface area contributed by atoms with Gasteiger partial charge in [-0.1, -0.05) is 67.4 Å². The smallest absolute Gasteiger partial charge is 0.242 e. The molecule has 6 heteroatoms. The highest BCUT2D eigenvalue weighted by Gasteiger charge is 2.26. The molecule has 0 saturated carbocycles. The first-order valence-electron chi connectivity index (χ1n) is 10.2. The summed E-state index contributed by atoms with van der Waals surface area (Å²) in [6.45, 7) is 8.86. The largest absolute Gasteiger partial charge is 0.354 e. The lowest BCUT2D eigenvalue weighted by Crippen LogP contribution is -2.48. The molecule has 2 amide bonds. The molecule has 0 saturated heterocycles. The number of carbonyl (C=O) groups is 2. The number of benzene rings is 2. The zero-order valence-electron chi connectivity index (χ0n) is 18.2. The summed E-state index contributed by atoms with van der Waals surface area (Å²) in [4.78, 5) is 27.3. The summed E-state index contributed by atoms with van der Waals surface area (Å²) in [5, 5.41) is 3.55. The molecule has 0 heterocycles. The van der Waals surface area contributed by atoms with Gasteiger partial charge in [-0.25, -0.2) is 0 Å². The summed E-state index contributed by atoms with van der Waals surface area (Å²) in [6, 6.07) is 15.2. The Morgan fingerprint density at radius 2 is 1.77 bits per heavy atom. The monoisotopic (exact) mass is 446 g/mol. The van der Waals surface area contributed by atoms with E-state index in [1.54, 1.807) is 29.7 Å². The van der Waals surface area contributed by atoms with E-state index in [-0.39, 0.29) is 11.8 Å². The van der Waals surface area contributed by atoms with Crippen LogP contribution in [0, 0.1) is 12.8 Å². The van der Waals surface area contributed by atoms with Crippen molar-refractivity contribution in [3.8, 4) is 0 Å². The van der Waals surface area contributed by atoms with E-state index in [2.05, 4.69) is 36.5 Å². The lowest BCUT2D eigenvalue weighted by atomic mass is 10.1. The predicted molar refractivity (Wildman–Crippen MR) is 127 cm³/mol. The van der Waals surface area contributed by atoms with Crippen molar-refractivity contribution in [1.82, 2.24) is 10.2 Å². The van der Waals surface area contributed by atoms with Crippen molar-refractivity contribution in [2.75, 3.05) is 12.3 Å². The second-order valence-electron chi connectivity index (χ2n) is 7.94. The highest BCUT2D eigenvalue weighted by Crippen LogP contribution is 2.18. The van der Waals surface area contributed by atoms with Gasteiger partial charge in [0, 0.05) is 23.9 Å². The quantitative estimate of drug-likeness (QED) is 0.554. The number of carbonyl (C=O) groups excluding carboxylic acids is 2. The Morgan fingerprint density at radius 1 is 1.07 bits per heavy atom. The highest BCUT2D eigenvalue weighted by atomic mass is 35.5. The third-order valence-corrected chi connectivity index (χ3v) is 5.93. The standard InChI is InChI=1S/C24H31ClN2O2S/c1-17(2)13-26-24(29)19(4)27(14-21-6-5-7-22(25)12-21)23(28)16-30-15-20-10-8-18(3)9-11-20/h5-12,17,19H,13-16H2,1-4H3,(H,26,29)/t19-/m0/s1. The molecule has 0 aliphatic carbocycles. The number of thioether (sulfide) groups is 1. The molecule has 0 aliphatic rings. The van der Waals surface area contributed by atoms with Gasteiger partial charge in [0.2, 0.25) is 11.8 Å². The molecule has 0 spiro atoms. The van der Waals surface area contributed by atoms with Gasteiger partial charge in [-0.2, -0.15) is 0 Å². The highest BCUT2D eigenvalue weighted by molar-refractivity contribution is 7.99. The summed E-state index contributed by atoms with van der Waals surface area (Å²) in [5.41, 5.74) is 3.30. The zero-order chi connectivity index (χ0) is 22.1. The molecule has 30 heavy (non-hydrogen) atoms. The Bertz CT molecular complexity index is 839. The maximum atomic E-state index is 13.1. The number of hydrogen-bond donors (Lipinski definition) is 1. The minimum Gasteiger partial charge on any atom is -0.354 e. The van der Waals surface area contributed by atoms with Crippen LogP contribution in [-0.2, 0) is 21.9 Å². The van der Waals surface area contributed by atoms with E-state index in [0.717, 1.165) is 11.3 Å². The van der Waals surface area contributed by atoms with Gasteiger partial charge in [-0.3, -0.25) is 9.59 Å². The van der Waals surface area contributed by atoms with Gasteiger partial charge in [0.25, 0.3) is 0 Å². The van der Waals surface area contributed by atoms with E-state index < -0.39 is 6.04 Å². The molecule has 0 bridgehead atoms. The molecule has 4 nitrogen and oxygen atoms in total. The summed E-state index contributed by atoms with van der Waals surface area (Å²) in [7, 11) is 0. The normalized spacial score (nSPS) is 11.9. The molecule has 162 valence electrons. The summed E-state index contributed by atoms with van der Waals surface area (Å²) in [5.74, 6) is 1.23. The maximum absolute atomic E-state index is 13.1. The second-order valence-corrected chi connectivity index (χ2v) is 9.37. The van der Waals surface area contributed by atoms with E-state index in [0.29, 0.717) is 29.8 Å². The first-order chi connectivity index (χ1) is 14.3. The van der Waals surface area contributed by atoms with Crippen molar-refractivity contribution in [2.24, 2.45) is 5.92 Å². The Hall–Kier alpha value is -1.98. The number of nitrogens with zero attached hydrogens (tertiary/aromatic N) is 1. The SMILES string of the molecule is Cc1ccc(CSCC(=O)N(Cc2cccc(Cl)c2)[C@@H](C)C(=O)NCC(C)C)cc1. The van der Waals surface area contributed by atoms with Gasteiger partial charge in [0.1, 0.15) is 6.04 Å². The lowest BCUT2D eigenvalue weighted by Gasteiger charge is -2.29. The van der Waals surface area contributed by atoms with Crippen molar-refractivity contribution >= 4 is 35.2 Å². The third kappa shape index (κ3) is 8.04. The number of aryl methyl sites for hydroxylation is 1. The molecule has 0 aliphatic heterocycles. The Morgan fingerprint density at radius 3 is 2.40 bits per heavy atom. The van der Waals surface area contributed by atoms with Gasteiger partial charge < -0.3 is 10.2 Å². The van der Waals surface area contributed by atoms with Crippen LogP contribution in [0.15, 0.2) is 48.5 Å². The molecule has 2 aromatic rings. The third-order valence-electron chi connectivity index (χ3n) is 4.71. The molecule has 1 N–H and O–H groups in total. The molecule has 2 rings (SSSR count). The Kier molecular flexibility index (Phi) is 9.73. The van der Waals surface area contributed by atoms with Crippen LogP contribution in [0.3, 0.4) is 0 Å². The Labute approximate surface area is 189 Å². The van der Waals surface area contributed by atoms with Crippen molar-refractivity contribution < 1.29 is 9.59 Å². The van der Waals surface area contributed by atoms with Crippen molar-refractivity contribution in [3.63, 3.8) is 0 Å². The fourth-order valence-electron chi connectivity index (χ4n) is 2.89. The number of amides is 2. The molecule has 2 aromatic carbocycles. The van der Waals surface area contributed by atoms with E-state index in [9.17, 15) is 9.59 Å². The average molecular weight is 447 g/mol. The van der Waals surface area contributed by atoms with E-state index >= 15 is 0 Å². The van der Waals surface area contributed by atoms with E-state index in [4.69, 9.17) is 11.6 Å². The van der Waals surface area contributed by atoms with Crippen LogP contribution in [0.25, 0.3) is 0 Å². The number of hydrogen-bond acceptors (Lipinski definition) is 3. The van der Waals surface area contributed by atoms with Gasteiger partial charge in [-0.05, 0) is 43.0 Å². The first-order valence-corrected chi connectivity index (χ1v) is 11.7. The summed E-state index contributed by atoms with van der Waals surface area (Å²) in [6.07, 6.45) is 0. The molecular weight excluding hydrogens is 416 g/mol. The van der Waals surface area contributed by atoms with Crippen LogP contribution >= 0.6 is 23.4 Å². The van der Waals surface area contributed by atoms with Crippen LogP contribution in [0.2, 0.25) is 5.02 Å². The van der Waals surface area contributed by atoms with Crippen molar-refractivity contribution in [1.29, 1.82) is 0 Å². The topological polar surface area (TPSA) is 49.4 Å². The summed E-state index contributed by atoms with van der Waals surface area (Å²) < 4.78 is 0. The number of nitrogens with one attached hydrogen (secondary N) is 1. The molecule has 1 atom stereocenters.